The van der Waals surface area contributed by atoms with Crippen molar-refractivity contribution in [3.05, 3.63) is 34.5 Å². The van der Waals surface area contributed by atoms with E-state index in [0.717, 1.165) is 22.2 Å². The lowest BCUT2D eigenvalue weighted by Crippen LogP contribution is -2.24. The Kier molecular flexibility index (Phi) is 5.02. The number of hydrogen-bond acceptors (Lipinski definition) is 2. The Bertz CT molecular complexity index is 829. The van der Waals surface area contributed by atoms with Crippen LogP contribution in [0.2, 0.25) is 0 Å². The van der Waals surface area contributed by atoms with E-state index in [4.69, 9.17) is 9.97 Å². The number of halogens is 1. The second-order valence-electron chi connectivity index (χ2n) is 10.9. The zero-order valence-electron chi connectivity index (χ0n) is 18.4. The maximum absolute atomic E-state index is 15.8. The zero-order chi connectivity index (χ0) is 20.2. The third kappa shape index (κ3) is 3.77. The molecule has 144 valence electrons. The van der Waals surface area contributed by atoms with Crippen molar-refractivity contribution in [3.8, 4) is 0 Å². The third-order valence-electron chi connectivity index (χ3n) is 4.71. The number of benzene rings is 1. The molecule has 1 aromatic heterocycles. The summed E-state index contributed by atoms with van der Waals surface area (Å²) < 4.78 is 15.8. The molecule has 0 fully saturated rings. The summed E-state index contributed by atoms with van der Waals surface area (Å²) in [5.74, 6) is 0.751. The van der Waals surface area contributed by atoms with Crippen molar-refractivity contribution in [2.75, 3.05) is 0 Å². The van der Waals surface area contributed by atoms with Gasteiger partial charge in [-0.15, -0.1) is 0 Å². The van der Waals surface area contributed by atoms with E-state index in [1.54, 1.807) is 0 Å². The molecule has 1 aromatic carbocycles. The summed E-state index contributed by atoms with van der Waals surface area (Å²) in [7, 11) is 0. The Morgan fingerprint density at radius 3 is 1.73 bits per heavy atom. The number of aromatic nitrogens is 2. The summed E-state index contributed by atoms with van der Waals surface area (Å²) in [4.78, 5) is 9.61. The van der Waals surface area contributed by atoms with Gasteiger partial charge in [0.05, 0.1) is 5.69 Å². The molecule has 0 spiro atoms. The van der Waals surface area contributed by atoms with Gasteiger partial charge in [0.25, 0.3) is 0 Å². The smallest absolute Gasteiger partial charge is 0.153 e. The molecule has 0 amide bonds. The van der Waals surface area contributed by atoms with Gasteiger partial charge >= 0.3 is 0 Å². The maximum atomic E-state index is 15.8. The predicted octanol–water partition coefficient (Wildman–Crippen LogP) is 6.78. The van der Waals surface area contributed by atoms with E-state index < -0.39 is 0 Å². The van der Waals surface area contributed by atoms with Crippen molar-refractivity contribution in [3.63, 3.8) is 0 Å². The molecule has 0 saturated carbocycles. The number of fused-ring (bicyclic) bond motifs is 1. The first-order valence-electron chi connectivity index (χ1n) is 9.60. The summed E-state index contributed by atoms with van der Waals surface area (Å²) in [5.41, 5.74) is 2.51. The van der Waals surface area contributed by atoms with E-state index in [1.165, 1.54) is 0 Å². The van der Waals surface area contributed by atoms with Crippen LogP contribution in [0.3, 0.4) is 0 Å². The molecule has 0 radical (unpaired) electrons. The fraction of sp³-hybridized carbons (Fsp3) is 0.652. The Morgan fingerprint density at radius 2 is 1.35 bits per heavy atom. The lowest BCUT2D eigenvalue weighted by atomic mass is 9.78. The molecular weight excluding hydrogens is 323 g/mol. The van der Waals surface area contributed by atoms with Crippen LogP contribution in [0, 0.1) is 5.82 Å². The molecule has 3 heteroatoms. The normalized spacial score (nSPS) is 13.7. The van der Waals surface area contributed by atoms with Crippen molar-refractivity contribution >= 4 is 10.9 Å². The van der Waals surface area contributed by atoms with Crippen molar-refractivity contribution in [2.45, 2.75) is 98.3 Å². The Morgan fingerprint density at radius 1 is 0.808 bits per heavy atom. The minimum Gasteiger partial charge on any atom is -0.236 e. The van der Waals surface area contributed by atoms with Gasteiger partial charge in [0.15, 0.2) is 5.82 Å². The van der Waals surface area contributed by atoms with Gasteiger partial charge in [0.1, 0.15) is 11.3 Å². The molecule has 0 unspecified atom stereocenters. The summed E-state index contributed by atoms with van der Waals surface area (Å²) in [6, 6.07) is 2.14. The average Bonchev–Trinajstić information content (AvgIpc) is 2.42. The molecule has 0 saturated heterocycles. The fourth-order valence-electron chi connectivity index (χ4n) is 3.37. The van der Waals surface area contributed by atoms with Gasteiger partial charge in [0.2, 0.25) is 0 Å². The van der Waals surface area contributed by atoms with Gasteiger partial charge in [-0.1, -0.05) is 76.2 Å². The highest BCUT2D eigenvalue weighted by molar-refractivity contribution is 5.85. The van der Waals surface area contributed by atoms with Crippen LogP contribution >= 0.6 is 0 Å². The number of hydrogen-bond donors (Lipinski definition) is 0. The second-order valence-corrected chi connectivity index (χ2v) is 10.9. The first-order chi connectivity index (χ1) is 11.5. The Balaban J connectivity index is 3.10. The number of nitrogens with zero attached hydrogens (tertiary/aromatic N) is 2. The van der Waals surface area contributed by atoms with Gasteiger partial charge in [-0.25, -0.2) is 14.4 Å². The molecule has 0 aliphatic carbocycles. The summed E-state index contributed by atoms with van der Waals surface area (Å²) in [5, 5.41) is 0.847. The van der Waals surface area contributed by atoms with Crippen LogP contribution in [0.15, 0.2) is 6.07 Å². The highest BCUT2D eigenvalue weighted by Gasteiger charge is 2.31. The molecular formula is C23H35FN2. The summed E-state index contributed by atoms with van der Waals surface area (Å²) in [6.07, 6.45) is 0. The van der Waals surface area contributed by atoms with Crippen LogP contribution in [0.4, 0.5) is 4.39 Å². The second kappa shape index (κ2) is 6.28. The largest absolute Gasteiger partial charge is 0.236 e. The van der Waals surface area contributed by atoms with E-state index >= 15 is 4.39 Å². The van der Waals surface area contributed by atoms with Crippen LogP contribution in [0.5, 0.6) is 0 Å². The average molecular weight is 359 g/mol. The lowest BCUT2D eigenvalue weighted by molar-refractivity contribution is 0.506. The van der Waals surface area contributed by atoms with Crippen molar-refractivity contribution in [1.82, 2.24) is 9.97 Å². The minimum atomic E-state index is -0.285. The maximum Gasteiger partial charge on any atom is 0.153 e. The standard InChI is InChI=1S/C23H35FN2/c1-13(2)14-12-15-18(17(24)16(14)21(3,4)5)25-20(23(9,10)11)26-19(15)22(6,7)8/h12-13H,1-11H3. The van der Waals surface area contributed by atoms with Crippen LogP contribution in [-0.4, -0.2) is 9.97 Å². The van der Waals surface area contributed by atoms with Gasteiger partial charge in [-0.2, -0.15) is 0 Å². The van der Waals surface area contributed by atoms with E-state index in [0.29, 0.717) is 11.3 Å². The predicted molar refractivity (Wildman–Crippen MR) is 110 cm³/mol. The molecule has 0 aliphatic rings. The first-order valence-corrected chi connectivity index (χ1v) is 9.60. The van der Waals surface area contributed by atoms with E-state index in [2.05, 4.69) is 82.2 Å². The van der Waals surface area contributed by atoms with Gasteiger partial charge in [-0.3, -0.25) is 0 Å². The van der Waals surface area contributed by atoms with Crippen LogP contribution in [-0.2, 0) is 16.2 Å². The highest BCUT2D eigenvalue weighted by atomic mass is 19.1. The molecule has 0 aliphatic heterocycles. The minimum absolute atomic E-state index is 0.183. The van der Waals surface area contributed by atoms with Crippen LogP contribution in [0.1, 0.15) is 105 Å². The van der Waals surface area contributed by atoms with Crippen molar-refractivity contribution in [2.24, 2.45) is 0 Å². The monoisotopic (exact) mass is 358 g/mol. The third-order valence-corrected chi connectivity index (χ3v) is 4.71. The van der Waals surface area contributed by atoms with E-state index in [9.17, 15) is 0 Å². The van der Waals surface area contributed by atoms with Crippen molar-refractivity contribution < 1.29 is 4.39 Å². The molecule has 26 heavy (non-hydrogen) atoms. The quantitative estimate of drug-likeness (QED) is 0.561. The van der Waals surface area contributed by atoms with Gasteiger partial charge in [-0.05, 0) is 28.5 Å². The zero-order valence-corrected chi connectivity index (χ0v) is 18.4. The first kappa shape index (κ1) is 20.8. The molecule has 0 atom stereocenters. The van der Waals surface area contributed by atoms with Crippen molar-refractivity contribution in [1.29, 1.82) is 0 Å². The fourth-order valence-corrected chi connectivity index (χ4v) is 3.37. The number of rotatable bonds is 1. The molecule has 0 bridgehead atoms. The summed E-state index contributed by atoms with van der Waals surface area (Å²) in [6.45, 7) is 23.1. The Labute approximate surface area is 158 Å². The SMILES string of the molecule is CC(C)c1cc2c(C(C)(C)C)nc(C(C)(C)C)nc2c(F)c1C(C)(C)C. The van der Waals surface area contributed by atoms with Gasteiger partial charge in [0, 0.05) is 16.2 Å². The van der Waals surface area contributed by atoms with E-state index in [-0.39, 0.29) is 28.0 Å². The topological polar surface area (TPSA) is 25.8 Å². The highest BCUT2D eigenvalue weighted by Crippen LogP contribution is 2.39. The Hall–Kier alpha value is -1.51. The van der Waals surface area contributed by atoms with Crippen LogP contribution in [0.25, 0.3) is 10.9 Å². The molecule has 1 heterocycles. The molecule has 0 N–H and O–H groups in total. The molecule has 2 rings (SSSR count). The summed E-state index contributed by atoms with van der Waals surface area (Å²) >= 11 is 0. The van der Waals surface area contributed by atoms with Crippen LogP contribution < -0.4 is 0 Å². The lowest BCUT2D eigenvalue weighted by Gasteiger charge is -2.29. The molecule has 2 nitrogen and oxygen atoms in total. The van der Waals surface area contributed by atoms with Gasteiger partial charge < -0.3 is 0 Å². The molecule has 2 aromatic rings. The van der Waals surface area contributed by atoms with E-state index in [1.807, 2.05) is 0 Å².